The molecule has 0 aliphatic rings. The summed E-state index contributed by atoms with van der Waals surface area (Å²) in [5.74, 6) is -1.33. The first kappa shape index (κ1) is 13.7. The van der Waals surface area contributed by atoms with Crippen molar-refractivity contribution in [1.82, 2.24) is 14.8 Å². The van der Waals surface area contributed by atoms with Crippen LogP contribution >= 0.6 is 0 Å². The fourth-order valence-corrected chi connectivity index (χ4v) is 1.78. The molecule has 0 aromatic carbocycles. The summed E-state index contributed by atoms with van der Waals surface area (Å²) in [5, 5.41) is 13.1. The van der Waals surface area contributed by atoms with Crippen LogP contribution in [0, 0.1) is 0 Å². The summed E-state index contributed by atoms with van der Waals surface area (Å²) < 4.78 is 1.34. The van der Waals surface area contributed by atoms with Crippen molar-refractivity contribution >= 4 is 11.9 Å². The highest BCUT2D eigenvalue weighted by Gasteiger charge is 2.12. The zero-order chi connectivity index (χ0) is 14.7. The molecule has 0 fully saturated rings. The van der Waals surface area contributed by atoms with Crippen molar-refractivity contribution in [2.75, 3.05) is 0 Å². The second-order valence-electron chi connectivity index (χ2n) is 4.27. The van der Waals surface area contributed by atoms with Gasteiger partial charge in [0.05, 0.1) is 5.56 Å². The van der Waals surface area contributed by atoms with E-state index >= 15 is 0 Å². The summed E-state index contributed by atoms with van der Waals surface area (Å²) in [6.45, 7) is 1.98. The van der Waals surface area contributed by atoms with Gasteiger partial charge in [0.25, 0.3) is 5.91 Å². The molecule has 7 heteroatoms. The molecule has 104 valence electrons. The topological polar surface area (TPSA) is 111 Å². The van der Waals surface area contributed by atoms with Crippen LogP contribution in [0.25, 0.3) is 5.82 Å². The van der Waals surface area contributed by atoms with E-state index in [4.69, 9.17) is 10.8 Å². The Labute approximate surface area is 115 Å². The lowest BCUT2D eigenvalue weighted by Crippen LogP contribution is -2.13. The molecule has 0 radical (unpaired) electrons. The standard InChI is InChI=1S/C13H14N4O3/c1-2-3-9-6-8(13(19)20)7-11(15-9)17-5-4-10(16-17)12(14)18/h4-7H,2-3H2,1H3,(H2,14,18)(H,19,20). The number of nitrogens with zero attached hydrogens (tertiary/aromatic N) is 3. The number of carboxylic acids is 1. The normalized spacial score (nSPS) is 10.4. The molecular formula is C13H14N4O3. The number of nitrogens with two attached hydrogens (primary N) is 1. The summed E-state index contributed by atoms with van der Waals surface area (Å²) >= 11 is 0. The van der Waals surface area contributed by atoms with Crippen molar-refractivity contribution in [3.63, 3.8) is 0 Å². The first-order valence-corrected chi connectivity index (χ1v) is 6.11. The summed E-state index contributed by atoms with van der Waals surface area (Å²) in [5.41, 5.74) is 6.03. The summed E-state index contributed by atoms with van der Waals surface area (Å²) in [7, 11) is 0. The SMILES string of the molecule is CCCc1cc(C(=O)O)cc(-n2ccc(C(N)=O)n2)n1. The van der Waals surface area contributed by atoms with E-state index in [9.17, 15) is 9.59 Å². The van der Waals surface area contributed by atoms with E-state index in [-0.39, 0.29) is 11.3 Å². The number of aromatic nitrogens is 3. The lowest BCUT2D eigenvalue weighted by Gasteiger charge is -2.06. The number of carbonyl (C=O) groups excluding carboxylic acids is 1. The molecule has 0 saturated heterocycles. The van der Waals surface area contributed by atoms with Crippen LogP contribution in [0.2, 0.25) is 0 Å². The van der Waals surface area contributed by atoms with E-state index < -0.39 is 11.9 Å². The van der Waals surface area contributed by atoms with E-state index in [1.54, 1.807) is 0 Å². The molecule has 2 rings (SSSR count). The molecule has 20 heavy (non-hydrogen) atoms. The van der Waals surface area contributed by atoms with Gasteiger partial charge in [-0.1, -0.05) is 13.3 Å². The Balaban J connectivity index is 2.48. The fraction of sp³-hybridized carbons (Fsp3) is 0.231. The number of amides is 1. The Kier molecular flexibility index (Phi) is 3.79. The van der Waals surface area contributed by atoms with E-state index in [0.717, 1.165) is 6.42 Å². The molecule has 0 unspecified atom stereocenters. The van der Waals surface area contributed by atoms with Gasteiger partial charge in [-0.05, 0) is 24.6 Å². The minimum absolute atomic E-state index is 0.101. The van der Waals surface area contributed by atoms with Crippen LogP contribution in [0.3, 0.4) is 0 Å². The average molecular weight is 274 g/mol. The summed E-state index contributed by atoms with van der Waals surface area (Å²) in [6, 6.07) is 4.39. The number of hydrogen-bond acceptors (Lipinski definition) is 4. The molecule has 0 bridgehead atoms. The highest BCUT2D eigenvalue weighted by molar-refractivity contribution is 5.90. The van der Waals surface area contributed by atoms with Gasteiger partial charge in [-0.2, -0.15) is 5.10 Å². The second kappa shape index (κ2) is 5.52. The minimum atomic E-state index is -1.03. The van der Waals surface area contributed by atoms with Crippen LogP contribution in [0.15, 0.2) is 24.4 Å². The number of carbonyl (C=O) groups is 2. The first-order valence-electron chi connectivity index (χ1n) is 6.11. The van der Waals surface area contributed by atoms with E-state index in [2.05, 4.69) is 10.1 Å². The summed E-state index contributed by atoms with van der Waals surface area (Å²) in [6.07, 6.45) is 3.03. The third kappa shape index (κ3) is 2.82. The Hall–Kier alpha value is -2.70. The van der Waals surface area contributed by atoms with Gasteiger partial charge >= 0.3 is 5.97 Å². The monoisotopic (exact) mass is 274 g/mol. The van der Waals surface area contributed by atoms with Crippen molar-refractivity contribution < 1.29 is 14.7 Å². The van der Waals surface area contributed by atoms with Crippen LogP contribution in [0.4, 0.5) is 0 Å². The molecule has 0 aliphatic heterocycles. The van der Waals surface area contributed by atoms with Crippen LogP contribution < -0.4 is 5.73 Å². The van der Waals surface area contributed by atoms with Gasteiger partial charge in [-0.15, -0.1) is 0 Å². The molecule has 3 N–H and O–H groups in total. The third-order valence-corrected chi connectivity index (χ3v) is 2.69. The van der Waals surface area contributed by atoms with Crippen LogP contribution in [-0.4, -0.2) is 31.7 Å². The van der Waals surface area contributed by atoms with Gasteiger partial charge in [0.1, 0.15) is 5.69 Å². The molecule has 0 atom stereocenters. The maximum Gasteiger partial charge on any atom is 0.335 e. The smallest absolute Gasteiger partial charge is 0.335 e. The van der Waals surface area contributed by atoms with E-state index in [1.165, 1.54) is 29.1 Å². The van der Waals surface area contributed by atoms with Crippen LogP contribution in [0.5, 0.6) is 0 Å². The van der Waals surface area contributed by atoms with Gasteiger partial charge in [0, 0.05) is 11.9 Å². The lowest BCUT2D eigenvalue weighted by atomic mass is 10.1. The number of aromatic carboxylic acids is 1. The molecule has 2 aromatic rings. The Morgan fingerprint density at radius 2 is 2.15 bits per heavy atom. The van der Waals surface area contributed by atoms with Crippen LogP contribution in [-0.2, 0) is 6.42 Å². The molecule has 1 amide bonds. The molecular weight excluding hydrogens is 260 g/mol. The van der Waals surface area contributed by atoms with Crippen molar-refractivity contribution in [1.29, 1.82) is 0 Å². The molecule has 0 aliphatic carbocycles. The zero-order valence-electron chi connectivity index (χ0n) is 10.9. The quantitative estimate of drug-likeness (QED) is 0.845. The third-order valence-electron chi connectivity index (χ3n) is 2.69. The number of primary amides is 1. The van der Waals surface area contributed by atoms with Gasteiger partial charge in [-0.3, -0.25) is 4.79 Å². The van der Waals surface area contributed by atoms with Crippen molar-refractivity contribution in [3.05, 3.63) is 41.3 Å². The molecule has 2 aromatic heterocycles. The molecule has 7 nitrogen and oxygen atoms in total. The maximum absolute atomic E-state index is 11.1. The average Bonchev–Trinajstić information content (AvgIpc) is 2.88. The number of aryl methyl sites for hydroxylation is 1. The predicted octanol–water partition coefficient (Wildman–Crippen LogP) is 1.02. The zero-order valence-corrected chi connectivity index (χ0v) is 10.9. The minimum Gasteiger partial charge on any atom is -0.478 e. The van der Waals surface area contributed by atoms with Crippen LogP contribution in [0.1, 0.15) is 39.9 Å². The lowest BCUT2D eigenvalue weighted by molar-refractivity contribution is 0.0696. The maximum atomic E-state index is 11.1. The number of pyridine rings is 1. The van der Waals surface area contributed by atoms with Crippen molar-refractivity contribution in [2.45, 2.75) is 19.8 Å². The molecule has 0 spiro atoms. The van der Waals surface area contributed by atoms with Gasteiger partial charge < -0.3 is 10.8 Å². The second-order valence-corrected chi connectivity index (χ2v) is 4.27. The fourth-order valence-electron chi connectivity index (χ4n) is 1.78. The van der Waals surface area contributed by atoms with Gasteiger partial charge in [0.15, 0.2) is 5.82 Å². The first-order chi connectivity index (χ1) is 9.51. The van der Waals surface area contributed by atoms with Crippen molar-refractivity contribution in [3.8, 4) is 5.82 Å². The van der Waals surface area contributed by atoms with Crippen molar-refractivity contribution in [2.24, 2.45) is 5.73 Å². The Morgan fingerprint density at radius 3 is 2.70 bits per heavy atom. The van der Waals surface area contributed by atoms with Gasteiger partial charge in [0.2, 0.25) is 0 Å². The predicted molar refractivity (Wildman–Crippen MR) is 70.8 cm³/mol. The Morgan fingerprint density at radius 1 is 1.40 bits per heavy atom. The largest absolute Gasteiger partial charge is 0.478 e. The molecule has 0 saturated carbocycles. The Bertz CT molecular complexity index is 663. The number of hydrogen-bond donors (Lipinski definition) is 2. The van der Waals surface area contributed by atoms with E-state index in [1.807, 2.05) is 6.92 Å². The van der Waals surface area contributed by atoms with Gasteiger partial charge in [-0.25, -0.2) is 14.5 Å². The molecule has 2 heterocycles. The number of rotatable bonds is 5. The highest BCUT2D eigenvalue weighted by atomic mass is 16.4. The van der Waals surface area contributed by atoms with E-state index in [0.29, 0.717) is 17.9 Å². The number of carboxylic acid groups (broad SMARTS) is 1. The summed E-state index contributed by atoms with van der Waals surface area (Å²) in [4.78, 5) is 26.5. The highest BCUT2D eigenvalue weighted by Crippen LogP contribution is 2.12.